The van der Waals surface area contributed by atoms with Gasteiger partial charge in [0.1, 0.15) is 11.5 Å². The van der Waals surface area contributed by atoms with E-state index in [4.69, 9.17) is 14.5 Å². The Morgan fingerprint density at radius 2 is 1.86 bits per heavy atom. The zero-order valence-corrected chi connectivity index (χ0v) is 17.6. The lowest BCUT2D eigenvalue weighted by molar-refractivity contribution is -0.122. The Morgan fingerprint density at radius 3 is 2.50 bits per heavy atom. The highest BCUT2D eigenvalue weighted by Crippen LogP contribution is 2.36. The first-order valence-corrected chi connectivity index (χ1v) is 9.87. The lowest BCUT2D eigenvalue weighted by Crippen LogP contribution is -2.28. The maximum absolute atomic E-state index is 12.9. The third-order valence-electron chi connectivity index (χ3n) is 4.65. The van der Waals surface area contributed by atoms with Crippen molar-refractivity contribution in [3.63, 3.8) is 0 Å². The van der Waals surface area contributed by atoms with Crippen LogP contribution in [0.1, 0.15) is 23.6 Å². The number of carbonyl (C=O) groups excluding carboxylic acids is 1. The van der Waals surface area contributed by atoms with Gasteiger partial charge in [0.25, 0.3) is 5.91 Å². The first-order valence-electron chi connectivity index (χ1n) is 9.06. The van der Waals surface area contributed by atoms with Gasteiger partial charge in [-0.1, -0.05) is 6.07 Å². The minimum atomic E-state index is -0.0482. The van der Waals surface area contributed by atoms with Gasteiger partial charge in [0.2, 0.25) is 0 Å². The number of methoxy groups -OCH3 is 2. The molecule has 0 spiro atoms. The van der Waals surface area contributed by atoms with Crippen molar-refractivity contribution in [3.05, 3.63) is 58.0 Å². The Labute approximate surface area is 170 Å². The molecule has 1 heterocycles. The maximum Gasteiger partial charge on any atom is 0.266 e. The molecule has 0 aliphatic carbocycles. The van der Waals surface area contributed by atoms with E-state index < -0.39 is 0 Å². The molecule has 28 heavy (non-hydrogen) atoms. The molecule has 0 unspecified atom stereocenters. The van der Waals surface area contributed by atoms with E-state index in [2.05, 4.69) is 13.8 Å². The van der Waals surface area contributed by atoms with E-state index in [0.29, 0.717) is 28.1 Å². The SMILES string of the molecule is CCN1C(=O)/C(=C\c2ccc(OC)cc2OC)SC1=Nc1ccc(C)c(C)c1. The number of amides is 1. The van der Waals surface area contributed by atoms with Crippen LogP contribution in [0.3, 0.4) is 0 Å². The van der Waals surface area contributed by atoms with Crippen molar-refractivity contribution >= 4 is 34.6 Å². The van der Waals surface area contributed by atoms with Crippen LogP contribution in [-0.4, -0.2) is 36.7 Å². The first-order chi connectivity index (χ1) is 13.5. The van der Waals surface area contributed by atoms with Gasteiger partial charge in [-0.2, -0.15) is 0 Å². The number of aliphatic imine (C=N–C) groups is 1. The number of ether oxygens (including phenoxy) is 2. The normalized spacial score (nSPS) is 16.9. The standard InChI is InChI=1S/C22H24N2O3S/c1-6-24-21(25)20(12-16-8-10-18(26-4)13-19(16)27-5)28-22(24)23-17-9-7-14(2)15(3)11-17/h7-13H,6H2,1-5H3/b20-12+,23-22?. The summed E-state index contributed by atoms with van der Waals surface area (Å²) in [7, 11) is 3.21. The van der Waals surface area contributed by atoms with Crippen LogP contribution in [0.4, 0.5) is 5.69 Å². The molecule has 0 N–H and O–H groups in total. The lowest BCUT2D eigenvalue weighted by atomic mass is 10.1. The molecular formula is C22H24N2O3S. The molecule has 6 heteroatoms. The average molecular weight is 397 g/mol. The highest BCUT2D eigenvalue weighted by atomic mass is 32.2. The topological polar surface area (TPSA) is 51.1 Å². The van der Waals surface area contributed by atoms with E-state index in [9.17, 15) is 4.79 Å². The van der Waals surface area contributed by atoms with Gasteiger partial charge in [-0.3, -0.25) is 9.69 Å². The molecule has 3 rings (SSSR count). The van der Waals surface area contributed by atoms with Gasteiger partial charge in [-0.05, 0) is 74.0 Å². The van der Waals surface area contributed by atoms with E-state index >= 15 is 0 Å². The van der Waals surface area contributed by atoms with E-state index in [1.807, 2.05) is 43.3 Å². The number of thioether (sulfide) groups is 1. The van der Waals surface area contributed by atoms with Crippen molar-refractivity contribution in [1.82, 2.24) is 4.90 Å². The van der Waals surface area contributed by atoms with E-state index in [0.717, 1.165) is 11.3 Å². The second kappa shape index (κ2) is 8.52. The first kappa shape index (κ1) is 20.0. The highest BCUT2D eigenvalue weighted by molar-refractivity contribution is 8.18. The number of hydrogen-bond donors (Lipinski definition) is 0. The fraction of sp³-hybridized carbons (Fsp3) is 0.273. The Balaban J connectivity index is 1.96. The van der Waals surface area contributed by atoms with E-state index in [1.54, 1.807) is 25.2 Å². The number of hydrogen-bond acceptors (Lipinski definition) is 5. The molecule has 1 aliphatic rings. The van der Waals surface area contributed by atoms with Crippen molar-refractivity contribution in [3.8, 4) is 11.5 Å². The summed E-state index contributed by atoms with van der Waals surface area (Å²) in [5.41, 5.74) is 4.07. The molecular weight excluding hydrogens is 372 g/mol. The van der Waals surface area contributed by atoms with E-state index in [1.165, 1.54) is 22.9 Å². The van der Waals surface area contributed by atoms with Crippen LogP contribution in [0.2, 0.25) is 0 Å². The van der Waals surface area contributed by atoms with Crippen LogP contribution in [0.15, 0.2) is 46.3 Å². The average Bonchev–Trinajstić information content (AvgIpc) is 2.99. The summed E-state index contributed by atoms with van der Waals surface area (Å²) < 4.78 is 10.7. The van der Waals surface area contributed by atoms with Crippen molar-refractivity contribution in [2.75, 3.05) is 20.8 Å². The summed E-state index contributed by atoms with van der Waals surface area (Å²) in [5.74, 6) is 1.31. The third kappa shape index (κ3) is 4.07. The zero-order chi connectivity index (χ0) is 20.3. The lowest BCUT2D eigenvalue weighted by Gasteiger charge is -2.12. The van der Waals surface area contributed by atoms with Crippen LogP contribution in [0.5, 0.6) is 11.5 Å². The molecule has 0 saturated carbocycles. The number of carbonyl (C=O) groups is 1. The number of amidine groups is 1. The Hall–Kier alpha value is -2.73. The fourth-order valence-electron chi connectivity index (χ4n) is 2.85. The van der Waals surface area contributed by atoms with Crippen LogP contribution in [0.25, 0.3) is 6.08 Å². The molecule has 146 valence electrons. The Morgan fingerprint density at radius 1 is 1.07 bits per heavy atom. The van der Waals surface area contributed by atoms with E-state index in [-0.39, 0.29) is 5.91 Å². The number of benzene rings is 2. The number of nitrogens with zero attached hydrogens (tertiary/aromatic N) is 2. The number of likely N-dealkylation sites (N-methyl/N-ethyl adjacent to an activating group) is 1. The predicted octanol–water partition coefficient (Wildman–Crippen LogP) is 4.94. The minimum Gasteiger partial charge on any atom is -0.497 e. The maximum atomic E-state index is 12.9. The predicted molar refractivity (Wildman–Crippen MR) is 116 cm³/mol. The monoisotopic (exact) mass is 396 g/mol. The molecule has 2 aromatic carbocycles. The zero-order valence-electron chi connectivity index (χ0n) is 16.8. The summed E-state index contributed by atoms with van der Waals surface area (Å²) in [6.45, 7) is 6.64. The quantitative estimate of drug-likeness (QED) is 0.672. The van der Waals surface area contributed by atoms with Crippen molar-refractivity contribution in [2.45, 2.75) is 20.8 Å². The number of aryl methyl sites for hydroxylation is 2. The molecule has 2 aromatic rings. The van der Waals surface area contributed by atoms with Crippen molar-refractivity contribution < 1.29 is 14.3 Å². The van der Waals surface area contributed by atoms with Gasteiger partial charge >= 0.3 is 0 Å². The molecule has 1 saturated heterocycles. The molecule has 5 nitrogen and oxygen atoms in total. The summed E-state index contributed by atoms with van der Waals surface area (Å²) in [4.78, 5) is 19.9. The van der Waals surface area contributed by atoms with Gasteiger partial charge in [0.05, 0.1) is 24.8 Å². The second-order valence-electron chi connectivity index (χ2n) is 6.43. The fourth-order valence-corrected chi connectivity index (χ4v) is 3.91. The van der Waals surface area contributed by atoms with Crippen LogP contribution >= 0.6 is 11.8 Å². The second-order valence-corrected chi connectivity index (χ2v) is 7.44. The van der Waals surface area contributed by atoms with Crippen LogP contribution in [-0.2, 0) is 4.79 Å². The number of rotatable bonds is 5. The molecule has 0 aromatic heterocycles. The largest absolute Gasteiger partial charge is 0.497 e. The smallest absolute Gasteiger partial charge is 0.266 e. The highest BCUT2D eigenvalue weighted by Gasteiger charge is 2.32. The van der Waals surface area contributed by atoms with Crippen molar-refractivity contribution in [1.29, 1.82) is 0 Å². The van der Waals surface area contributed by atoms with Crippen LogP contribution < -0.4 is 9.47 Å². The molecule has 1 fully saturated rings. The van der Waals surface area contributed by atoms with Gasteiger partial charge in [0, 0.05) is 18.2 Å². The molecule has 0 bridgehead atoms. The summed E-state index contributed by atoms with van der Waals surface area (Å²) in [5, 5.41) is 0.689. The summed E-state index contributed by atoms with van der Waals surface area (Å²) in [6, 6.07) is 11.6. The van der Waals surface area contributed by atoms with Gasteiger partial charge < -0.3 is 9.47 Å². The molecule has 0 atom stereocenters. The molecule has 1 amide bonds. The van der Waals surface area contributed by atoms with Gasteiger partial charge in [-0.15, -0.1) is 0 Å². The Kier molecular flexibility index (Phi) is 6.09. The van der Waals surface area contributed by atoms with Gasteiger partial charge in [-0.25, -0.2) is 4.99 Å². The molecule has 0 radical (unpaired) electrons. The van der Waals surface area contributed by atoms with Gasteiger partial charge in [0.15, 0.2) is 5.17 Å². The van der Waals surface area contributed by atoms with Crippen LogP contribution in [0, 0.1) is 13.8 Å². The van der Waals surface area contributed by atoms with Crippen molar-refractivity contribution in [2.24, 2.45) is 4.99 Å². The Bertz CT molecular complexity index is 966. The molecule has 1 aliphatic heterocycles. The third-order valence-corrected chi connectivity index (χ3v) is 5.65. The minimum absolute atomic E-state index is 0.0482. The summed E-state index contributed by atoms with van der Waals surface area (Å²) in [6.07, 6.45) is 1.84. The summed E-state index contributed by atoms with van der Waals surface area (Å²) >= 11 is 1.38.